The zero-order valence-electron chi connectivity index (χ0n) is 9.58. The van der Waals surface area contributed by atoms with Crippen LogP contribution in [0, 0.1) is 5.82 Å². The first kappa shape index (κ1) is 13.7. The third-order valence-corrected chi connectivity index (χ3v) is 3.50. The zero-order valence-corrected chi connectivity index (χ0v) is 10.4. The summed E-state index contributed by atoms with van der Waals surface area (Å²) in [6, 6.07) is 2.18. The van der Waals surface area contributed by atoms with Crippen molar-refractivity contribution in [3.63, 3.8) is 0 Å². The van der Waals surface area contributed by atoms with E-state index in [4.69, 9.17) is 0 Å². The Morgan fingerprint density at radius 3 is 2.53 bits per heavy atom. The molecule has 2 aromatic rings. The Morgan fingerprint density at radius 1 is 1.32 bits per heavy atom. The van der Waals surface area contributed by atoms with Gasteiger partial charge >= 0.3 is 6.18 Å². The molecule has 0 saturated carbocycles. The highest BCUT2D eigenvalue weighted by atomic mass is 32.1. The fraction of sp³-hybridized carbons (Fsp3) is 0.167. The van der Waals surface area contributed by atoms with E-state index in [9.17, 15) is 22.4 Å². The molecule has 7 heteroatoms. The van der Waals surface area contributed by atoms with Crippen molar-refractivity contribution in [1.82, 2.24) is 4.98 Å². The van der Waals surface area contributed by atoms with Gasteiger partial charge in [-0.2, -0.15) is 13.2 Å². The van der Waals surface area contributed by atoms with Crippen LogP contribution < -0.4 is 0 Å². The number of carbonyl (C=O) groups excluding carboxylic acids is 1. The van der Waals surface area contributed by atoms with Gasteiger partial charge in [0.05, 0.1) is 10.4 Å². The maximum atomic E-state index is 13.1. The molecule has 0 radical (unpaired) electrons. The number of thiazole rings is 1. The van der Waals surface area contributed by atoms with Crippen molar-refractivity contribution in [2.24, 2.45) is 0 Å². The molecule has 100 valence electrons. The standard InChI is InChI=1S/C12H7F4NOS/c1-6(18)10-5-17-11(19-10)8-4-7(13)2-3-9(8)12(14,15)16/h2-5H,1H3. The summed E-state index contributed by atoms with van der Waals surface area (Å²) in [7, 11) is 0. The number of hydrogen-bond donors (Lipinski definition) is 0. The van der Waals surface area contributed by atoms with E-state index in [1.807, 2.05) is 0 Å². The molecular weight excluding hydrogens is 282 g/mol. The van der Waals surface area contributed by atoms with Gasteiger partial charge in [-0.05, 0) is 18.2 Å². The minimum absolute atomic E-state index is 0.0305. The highest BCUT2D eigenvalue weighted by Gasteiger charge is 2.34. The Hall–Kier alpha value is -1.76. The fourth-order valence-electron chi connectivity index (χ4n) is 1.50. The molecule has 0 bridgehead atoms. The number of aromatic nitrogens is 1. The van der Waals surface area contributed by atoms with Crippen LogP contribution in [0.1, 0.15) is 22.2 Å². The Bertz CT molecular complexity index is 633. The molecule has 0 aliphatic heterocycles. The van der Waals surface area contributed by atoms with Crippen LogP contribution in [0.5, 0.6) is 0 Å². The second kappa shape index (κ2) is 4.73. The van der Waals surface area contributed by atoms with Crippen molar-refractivity contribution in [2.75, 3.05) is 0 Å². The van der Waals surface area contributed by atoms with Gasteiger partial charge in [-0.15, -0.1) is 11.3 Å². The van der Waals surface area contributed by atoms with Crippen LogP contribution in [0.3, 0.4) is 0 Å². The van der Waals surface area contributed by atoms with Crippen LogP contribution in [0.15, 0.2) is 24.4 Å². The fourth-order valence-corrected chi connectivity index (χ4v) is 2.34. The first-order chi connectivity index (χ1) is 8.79. The Labute approximate surface area is 109 Å². The third-order valence-electron chi connectivity index (χ3n) is 2.37. The lowest BCUT2D eigenvalue weighted by atomic mass is 10.1. The summed E-state index contributed by atoms with van der Waals surface area (Å²) in [4.78, 5) is 15.1. The van der Waals surface area contributed by atoms with Crippen LogP contribution >= 0.6 is 11.3 Å². The van der Waals surface area contributed by atoms with Crippen LogP contribution in [-0.4, -0.2) is 10.8 Å². The molecule has 0 aliphatic rings. The molecule has 1 heterocycles. The number of benzene rings is 1. The maximum absolute atomic E-state index is 13.1. The van der Waals surface area contributed by atoms with Gasteiger partial charge in [-0.1, -0.05) is 0 Å². The number of Topliss-reactive ketones (excluding diaryl/α,β-unsaturated/α-hetero) is 1. The minimum Gasteiger partial charge on any atom is -0.294 e. The minimum atomic E-state index is -4.61. The molecule has 1 aromatic carbocycles. The molecule has 1 aromatic heterocycles. The van der Waals surface area contributed by atoms with Crippen LogP contribution in [0.25, 0.3) is 10.6 Å². The number of halogens is 4. The SMILES string of the molecule is CC(=O)c1cnc(-c2cc(F)ccc2C(F)(F)F)s1. The van der Waals surface area contributed by atoms with Crippen molar-refractivity contribution in [2.45, 2.75) is 13.1 Å². The lowest BCUT2D eigenvalue weighted by Crippen LogP contribution is -2.07. The largest absolute Gasteiger partial charge is 0.417 e. The number of hydrogen-bond acceptors (Lipinski definition) is 3. The Kier molecular flexibility index (Phi) is 3.40. The van der Waals surface area contributed by atoms with Gasteiger partial charge in [0.25, 0.3) is 0 Å². The zero-order chi connectivity index (χ0) is 14.2. The molecular formula is C12H7F4NOS. The van der Waals surface area contributed by atoms with Crippen LogP contribution in [0.2, 0.25) is 0 Å². The normalized spacial score (nSPS) is 11.6. The molecule has 0 aliphatic carbocycles. The molecule has 0 atom stereocenters. The van der Waals surface area contributed by atoms with E-state index in [1.165, 1.54) is 13.1 Å². The van der Waals surface area contributed by atoms with E-state index >= 15 is 0 Å². The van der Waals surface area contributed by atoms with Crippen LogP contribution in [-0.2, 0) is 6.18 Å². The van der Waals surface area contributed by atoms with E-state index in [2.05, 4.69) is 4.98 Å². The molecule has 0 fully saturated rings. The molecule has 0 N–H and O–H groups in total. The molecule has 2 rings (SSSR count). The summed E-state index contributed by atoms with van der Waals surface area (Å²) in [6.45, 7) is 1.29. The van der Waals surface area contributed by atoms with Crippen molar-refractivity contribution < 1.29 is 22.4 Å². The van der Waals surface area contributed by atoms with Crippen molar-refractivity contribution in [3.8, 4) is 10.6 Å². The molecule has 19 heavy (non-hydrogen) atoms. The van der Waals surface area contributed by atoms with Gasteiger partial charge in [0.2, 0.25) is 0 Å². The Balaban J connectivity index is 2.59. The average Bonchev–Trinajstić information content (AvgIpc) is 2.76. The van der Waals surface area contributed by atoms with Gasteiger partial charge in [-0.3, -0.25) is 4.79 Å². The first-order valence-corrected chi connectivity index (χ1v) is 5.94. The highest BCUT2D eigenvalue weighted by molar-refractivity contribution is 7.16. The lowest BCUT2D eigenvalue weighted by Gasteiger charge is -2.10. The van der Waals surface area contributed by atoms with E-state index in [0.29, 0.717) is 6.07 Å². The van der Waals surface area contributed by atoms with Gasteiger partial charge in [0.1, 0.15) is 10.8 Å². The smallest absolute Gasteiger partial charge is 0.294 e. The summed E-state index contributed by atoms with van der Waals surface area (Å²) in [5.74, 6) is -1.09. The van der Waals surface area contributed by atoms with Gasteiger partial charge in [0, 0.05) is 18.7 Å². The molecule has 0 unspecified atom stereocenters. The van der Waals surface area contributed by atoms with Crippen molar-refractivity contribution in [1.29, 1.82) is 0 Å². The van der Waals surface area contributed by atoms with Gasteiger partial charge in [0.15, 0.2) is 5.78 Å². The van der Waals surface area contributed by atoms with E-state index in [-0.39, 0.29) is 21.2 Å². The summed E-state index contributed by atoms with van der Waals surface area (Å²) < 4.78 is 51.6. The number of rotatable bonds is 2. The van der Waals surface area contributed by atoms with E-state index in [0.717, 1.165) is 23.5 Å². The van der Waals surface area contributed by atoms with E-state index in [1.54, 1.807) is 0 Å². The number of nitrogens with zero attached hydrogens (tertiary/aromatic N) is 1. The summed E-state index contributed by atoms with van der Waals surface area (Å²) >= 11 is 0.806. The lowest BCUT2D eigenvalue weighted by molar-refractivity contribution is -0.137. The van der Waals surface area contributed by atoms with E-state index < -0.39 is 17.6 Å². The summed E-state index contributed by atoms with van der Waals surface area (Å²) in [6.07, 6.45) is -3.42. The molecule has 0 amide bonds. The second-order valence-corrected chi connectivity index (χ2v) is 4.80. The maximum Gasteiger partial charge on any atom is 0.417 e. The van der Waals surface area contributed by atoms with Crippen LogP contribution in [0.4, 0.5) is 17.6 Å². The Morgan fingerprint density at radius 2 is 2.00 bits per heavy atom. The summed E-state index contributed by atoms with van der Waals surface area (Å²) in [5, 5.41) is -0.0305. The van der Waals surface area contributed by atoms with Gasteiger partial charge in [-0.25, -0.2) is 9.37 Å². The number of alkyl halides is 3. The second-order valence-electron chi connectivity index (χ2n) is 3.77. The predicted molar refractivity (Wildman–Crippen MR) is 62.5 cm³/mol. The molecule has 0 saturated heterocycles. The van der Waals surface area contributed by atoms with Crippen molar-refractivity contribution in [3.05, 3.63) is 40.7 Å². The molecule has 0 spiro atoms. The number of ketones is 1. The van der Waals surface area contributed by atoms with Crippen molar-refractivity contribution >= 4 is 17.1 Å². The summed E-state index contributed by atoms with van der Waals surface area (Å²) in [5.41, 5.74) is -1.33. The predicted octanol–water partition coefficient (Wildman–Crippen LogP) is 4.17. The third kappa shape index (κ3) is 2.81. The van der Waals surface area contributed by atoms with Gasteiger partial charge < -0.3 is 0 Å². The quantitative estimate of drug-likeness (QED) is 0.613. The average molecular weight is 289 g/mol. The molecule has 2 nitrogen and oxygen atoms in total. The first-order valence-electron chi connectivity index (χ1n) is 5.13. The number of carbonyl (C=O) groups is 1. The monoisotopic (exact) mass is 289 g/mol. The highest BCUT2D eigenvalue weighted by Crippen LogP contribution is 2.38. The topological polar surface area (TPSA) is 30.0 Å².